The molecule has 7 heteroatoms. The molecule has 1 atom stereocenters. The number of hydrogen-bond donors (Lipinski definition) is 1. The fraction of sp³-hybridized carbons (Fsp3) is 0.308. The van der Waals surface area contributed by atoms with Gasteiger partial charge in [-0.3, -0.25) is 9.88 Å². The van der Waals surface area contributed by atoms with Crippen LogP contribution in [0.15, 0.2) is 30.8 Å². The van der Waals surface area contributed by atoms with Crippen LogP contribution in [0.5, 0.6) is 0 Å². The number of ether oxygens (including phenoxy) is 1. The first-order valence-electron chi connectivity index (χ1n) is 5.95. The summed E-state index contributed by atoms with van der Waals surface area (Å²) in [6.45, 7) is 5.23. The fourth-order valence-corrected chi connectivity index (χ4v) is 2.96. The first-order chi connectivity index (χ1) is 9.54. The molecule has 0 fully saturated rings. The summed E-state index contributed by atoms with van der Waals surface area (Å²) >= 11 is 6.97. The predicted octanol–water partition coefficient (Wildman–Crippen LogP) is 3.04. The minimum atomic E-state index is -0.479. The Morgan fingerprint density at radius 1 is 1.70 bits per heavy atom. The molecule has 5 nitrogen and oxygen atoms in total. The number of amides is 1. The Kier molecular flexibility index (Phi) is 4.61. The summed E-state index contributed by atoms with van der Waals surface area (Å²) < 4.78 is 5.15. The van der Waals surface area contributed by atoms with E-state index in [1.165, 1.54) is 0 Å². The Balaban J connectivity index is 2.42. The molecule has 0 saturated heterocycles. The Bertz CT molecular complexity index is 562. The second kappa shape index (κ2) is 6.23. The Labute approximate surface area is 127 Å². The number of pyridine rings is 1. The Morgan fingerprint density at radius 3 is 3.10 bits per heavy atom. The first-order valence-corrected chi connectivity index (χ1v) is 7.75. The summed E-state index contributed by atoms with van der Waals surface area (Å²) in [5, 5.41) is 3.12. The van der Waals surface area contributed by atoms with Crippen LogP contribution in [0.3, 0.4) is 0 Å². The third-order valence-electron chi connectivity index (χ3n) is 2.71. The van der Waals surface area contributed by atoms with Gasteiger partial charge in [-0.15, -0.1) is 0 Å². The van der Waals surface area contributed by atoms with E-state index in [1.54, 1.807) is 42.0 Å². The zero-order chi connectivity index (χ0) is 14.7. The van der Waals surface area contributed by atoms with Crippen LogP contribution in [0.4, 0.5) is 16.2 Å². The molecule has 20 heavy (non-hydrogen) atoms. The maximum Gasteiger partial charge on any atom is 0.420 e. The summed E-state index contributed by atoms with van der Waals surface area (Å²) in [6.07, 6.45) is 4.75. The van der Waals surface area contributed by atoms with Gasteiger partial charge in [-0.25, -0.2) is 4.79 Å². The van der Waals surface area contributed by atoms with E-state index in [0.29, 0.717) is 27.9 Å². The van der Waals surface area contributed by atoms with Crippen molar-refractivity contribution >= 4 is 46.4 Å². The second-order valence-electron chi connectivity index (χ2n) is 4.29. The lowest BCUT2D eigenvalue weighted by atomic mass is 10.1. The van der Waals surface area contributed by atoms with Crippen molar-refractivity contribution < 1.29 is 9.53 Å². The van der Waals surface area contributed by atoms with E-state index in [9.17, 15) is 4.79 Å². The highest BCUT2D eigenvalue weighted by molar-refractivity contribution is 7.98. The van der Waals surface area contributed by atoms with Gasteiger partial charge in [0.25, 0.3) is 0 Å². The lowest BCUT2D eigenvalue weighted by Gasteiger charge is -2.36. The van der Waals surface area contributed by atoms with Gasteiger partial charge >= 0.3 is 6.09 Å². The first kappa shape index (κ1) is 14.8. The van der Waals surface area contributed by atoms with Crippen LogP contribution in [-0.2, 0) is 4.74 Å². The average molecular weight is 309 g/mol. The number of aromatic nitrogens is 1. The van der Waals surface area contributed by atoms with Crippen molar-refractivity contribution in [2.24, 2.45) is 0 Å². The number of nitrogens with one attached hydrogen (secondary N) is 1. The van der Waals surface area contributed by atoms with E-state index in [0.717, 1.165) is 0 Å². The maximum absolute atomic E-state index is 12.3. The van der Waals surface area contributed by atoms with Gasteiger partial charge in [-0.2, -0.15) is 11.8 Å². The molecule has 0 radical (unpaired) electrons. The number of hydrogen-bond acceptors (Lipinski definition) is 5. The fourth-order valence-electron chi connectivity index (χ4n) is 1.93. The highest BCUT2D eigenvalue weighted by atomic mass is 32.2. The molecule has 1 N–H and O–H groups in total. The third kappa shape index (κ3) is 2.94. The van der Waals surface area contributed by atoms with E-state index < -0.39 is 6.09 Å². The summed E-state index contributed by atoms with van der Waals surface area (Å²) in [4.78, 5) is 18.5. The number of carbonyl (C=O) groups excluding carboxylic acids is 1. The average Bonchev–Trinajstić information content (AvgIpc) is 2.38. The monoisotopic (exact) mass is 309 g/mol. The van der Waals surface area contributed by atoms with Crippen LogP contribution in [0.2, 0.25) is 0 Å². The van der Waals surface area contributed by atoms with E-state index in [1.807, 2.05) is 6.26 Å². The molecule has 1 aliphatic rings. The van der Waals surface area contributed by atoms with Crippen LogP contribution in [0.1, 0.15) is 6.92 Å². The topological polar surface area (TPSA) is 54.5 Å². The zero-order valence-electron chi connectivity index (χ0n) is 11.3. The van der Waals surface area contributed by atoms with Crippen molar-refractivity contribution in [1.82, 2.24) is 4.98 Å². The summed E-state index contributed by atoms with van der Waals surface area (Å²) in [5.74, 6) is 1.02. The van der Waals surface area contributed by atoms with Gasteiger partial charge in [0.1, 0.15) is 4.99 Å². The molecule has 2 heterocycles. The van der Waals surface area contributed by atoms with Crippen molar-refractivity contribution in [3.8, 4) is 0 Å². The van der Waals surface area contributed by atoms with Crippen LogP contribution in [-0.4, -0.2) is 34.1 Å². The van der Waals surface area contributed by atoms with Crippen molar-refractivity contribution in [2.75, 3.05) is 22.2 Å². The van der Waals surface area contributed by atoms with Crippen molar-refractivity contribution in [3.63, 3.8) is 0 Å². The molecule has 1 amide bonds. The van der Waals surface area contributed by atoms with Gasteiger partial charge in [-0.05, 0) is 19.2 Å². The summed E-state index contributed by atoms with van der Waals surface area (Å²) in [5.41, 5.74) is 1.41. The minimum Gasteiger partial charge on any atom is -0.415 e. The summed E-state index contributed by atoms with van der Waals surface area (Å²) in [6, 6.07) is 1.51. The zero-order valence-corrected chi connectivity index (χ0v) is 12.9. The minimum absolute atomic E-state index is 0.248. The van der Waals surface area contributed by atoms with Crippen molar-refractivity contribution in [1.29, 1.82) is 0 Å². The number of allylic oxidation sites excluding steroid dienone is 1. The van der Waals surface area contributed by atoms with Gasteiger partial charge in [-0.1, -0.05) is 18.8 Å². The van der Waals surface area contributed by atoms with Crippen molar-refractivity contribution in [2.45, 2.75) is 13.0 Å². The molecule has 106 valence electrons. The molecular weight excluding hydrogens is 294 g/mol. The molecule has 0 bridgehead atoms. The smallest absolute Gasteiger partial charge is 0.415 e. The predicted molar refractivity (Wildman–Crippen MR) is 86.4 cm³/mol. The van der Waals surface area contributed by atoms with Gasteiger partial charge in [0, 0.05) is 11.9 Å². The summed E-state index contributed by atoms with van der Waals surface area (Å²) in [7, 11) is 0. The number of fused-ring (bicyclic) bond motifs is 1. The number of thioether (sulfide) groups is 1. The largest absolute Gasteiger partial charge is 0.420 e. The number of rotatable bonds is 3. The van der Waals surface area contributed by atoms with Crippen molar-refractivity contribution in [3.05, 3.63) is 30.8 Å². The lowest BCUT2D eigenvalue weighted by Crippen LogP contribution is -2.51. The highest BCUT2D eigenvalue weighted by Gasteiger charge is 2.35. The molecule has 0 saturated carbocycles. The van der Waals surface area contributed by atoms with Gasteiger partial charge in [0.2, 0.25) is 0 Å². The van der Waals surface area contributed by atoms with Crippen LogP contribution >= 0.6 is 24.0 Å². The number of nitrogens with zero attached hydrogens (tertiary/aromatic N) is 2. The molecule has 2 rings (SSSR count). The molecule has 1 unspecified atom stereocenters. The van der Waals surface area contributed by atoms with Gasteiger partial charge in [0.15, 0.2) is 0 Å². The maximum atomic E-state index is 12.3. The van der Waals surface area contributed by atoms with Crippen LogP contribution in [0, 0.1) is 0 Å². The Morgan fingerprint density at radius 2 is 2.45 bits per heavy atom. The molecule has 0 spiro atoms. The van der Waals surface area contributed by atoms with Gasteiger partial charge in [0.05, 0.1) is 29.4 Å². The standard InChI is InChI=1S/C13H15N3O2S2/c1-8(2)18-13(17)16-10-4-5-14-6-9(10)15-12(19)11(16)7-20-3/h4-6,11H,1,7H2,2-3H3,(H,15,19). The van der Waals surface area contributed by atoms with Crippen LogP contribution < -0.4 is 10.2 Å². The Hall–Kier alpha value is -1.60. The lowest BCUT2D eigenvalue weighted by molar-refractivity contribution is 0.183. The highest BCUT2D eigenvalue weighted by Crippen LogP contribution is 2.33. The van der Waals surface area contributed by atoms with E-state index in [2.05, 4.69) is 16.9 Å². The molecule has 0 aromatic carbocycles. The molecule has 1 aromatic heterocycles. The quantitative estimate of drug-likeness (QED) is 0.684. The number of anilines is 2. The van der Waals surface area contributed by atoms with E-state index >= 15 is 0 Å². The van der Waals surface area contributed by atoms with E-state index in [-0.39, 0.29) is 6.04 Å². The third-order valence-corrected chi connectivity index (χ3v) is 3.74. The molecule has 1 aromatic rings. The normalized spacial score (nSPS) is 17.2. The molecule has 0 aliphatic carbocycles. The van der Waals surface area contributed by atoms with Crippen LogP contribution in [0.25, 0.3) is 0 Å². The SMILES string of the molecule is C=C(C)OC(=O)N1c2ccncc2NC(=S)C1CSC. The van der Waals surface area contributed by atoms with E-state index in [4.69, 9.17) is 17.0 Å². The van der Waals surface area contributed by atoms with Gasteiger partial charge < -0.3 is 10.1 Å². The molecule has 1 aliphatic heterocycles. The molecular formula is C13H15N3O2S2. The second-order valence-corrected chi connectivity index (χ2v) is 5.64. The number of carbonyl (C=O) groups is 1. The number of thiocarbonyl (C=S) groups is 1.